The van der Waals surface area contributed by atoms with Crippen molar-refractivity contribution < 1.29 is 16.8 Å². The van der Waals surface area contributed by atoms with E-state index in [2.05, 4.69) is 19.1 Å². The van der Waals surface area contributed by atoms with Gasteiger partial charge in [0.1, 0.15) is 0 Å². The molecule has 0 saturated heterocycles. The summed E-state index contributed by atoms with van der Waals surface area (Å²) in [6.45, 7) is 7.07. The summed E-state index contributed by atoms with van der Waals surface area (Å²) < 4.78 is 0. The van der Waals surface area contributed by atoms with Gasteiger partial charge >= 0.3 is 16.8 Å². The van der Waals surface area contributed by atoms with E-state index in [0.717, 1.165) is 12.8 Å². The summed E-state index contributed by atoms with van der Waals surface area (Å²) in [6.07, 6.45) is 16.4. The smallest absolute Gasteiger partial charge is 0.293 e. The minimum absolute atomic E-state index is 0. The summed E-state index contributed by atoms with van der Waals surface area (Å²) in [6, 6.07) is 0. The van der Waals surface area contributed by atoms with Gasteiger partial charge in [0, 0.05) is 0 Å². The van der Waals surface area contributed by atoms with Crippen molar-refractivity contribution in [3.63, 3.8) is 0 Å². The molecule has 0 fully saturated rings. The molecule has 0 aromatic carbocycles. The van der Waals surface area contributed by atoms with Gasteiger partial charge in [0.2, 0.25) is 0 Å². The molecule has 0 saturated carbocycles. The van der Waals surface area contributed by atoms with Crippen LogP contribution in [0.5, 0.6) is 0 Å². The molecule has 1 heteroatoms. The zero-order valence-corrected chi connectivity index (χ0v) is 8.33. The Bertz CT molecular complexity index is 154. The van der Waals surface area contributed by atoms with E-state index in [1.54, 1.807) is 0 Å². The maximum Gasteiger partial charge on any atom is 2.00 e. The quantitative estimate of drug-likeness (QED) is 0.479. The minimum atomic E-state index is 0. The van der Waals surface area contributed by atoms with Crippen molar-refractivity contribution in [3.05, 3.63) is 49.1 Å². The maximum absolute atomic E-state index is 5.00. The van der Waals surface area contributed by atoms with Crippen molar-refractivity contribution in [2.75, 3.05) is 0 Å². The molecule has 0 aromatic heterocycles. The second kappa shape index (κ2) is 13.1. The number of rotatable bonds is 2. The third-order valence-electron chi connectivity index (χ3n) is 1.07. The van der Waals surface area contributed by atoms with Gasteiger partial charge in [-0.3, -0.25) is 12.7 Å². The number of allylic oxidation sites excluding steroid dienone is 7. The molecule has 67 valence electrons. The van der Waals surface area contributed by atoms with Crippen LogP contribution in [-0.2, 0) is 16.8 Å². The van der Waals surface area contributed by atoms with E-state index in [0.29, 0.717) is 0 Å². The van der Waals surface area contributed by atoms with E-state index in [1.807, 2.05) is 24.3 Å². The van der Waals surface area contributed by atoms with Crippen LogP contribution < -0.4 is 0 Å². The van der Waals surface area contributed by atoms with Gasteiger partial charge in [-0.25, -0.2) is 24.3 Å². The van der Waals surface area contributed by atoms with E-state index in [1.165, 1.54) is 6.08 Å². The summed E-state index contributed by atoms with van der Waals surface area (Å²) in [5, 5.41) is 0. The second-order valence-electron chi connectivity index (χ2n) is 2.03. The Hall–Kier alpha value is -0.534. The van der Waals surface area contributed by atoms with E-state index in [9.17, 15) is 0 Å². The Morgan fingerprint density at radius 1 is 1.58 bits per heavy atom. The monoisotopic (exact) mass is 205 g/mol. The molecule has 1 rings (SSSR count). The average molecular weight is 205 g/mol. The molecule has 0 nitrogen and oxygen atoms in total. The standard InChI is InChI=1S/C6H9.C5H5.Co/c1-3-5-6-4-2;1-2-4-5-3-1;/h1,3,5-6H,4H2,2H3;1-3H,4H2;/q2*-1;+2. The zero-order valence-electron chi connectivity index (χ0n) is 7.29. The fourth-order valence-corrected chi connectivity index (χ4v) is 0.555. The van der Waals surface area contributed by atoms with Crippen LogP contribution in [0.15, 0.2) is 36.5 Å². The van der Waals surface area contributed by atoms with Crippen LogP contribution in [0.1, 0.15) is 19.8 Å². The Labute approximate surface area is 86.0 Å². The molecular formula is C11H14Co. The molecule has 0 heterocycles. The predicted molar refractivity (Wildman–Crippen MR) is 49.9 cm³/mol. The largest absolute Gasteiger partial charge is 2.00 e. The summed E-state index contributed by atoms with van der Waals surface area (Å²) in [4.78, 5) is 0. The maximum atomic E-state index is 5.00. The van der Waals surface area contributed by atoms with Gasteiger partial charge in [-0.15, -0.1) is 6.42 Å². The number of hydrogen-bond donors (Lipinski definition) is 0. The van der Waals surface area contributed by atoms with Crippen LogP contribution >= 0.6 is 0 Å². The van der Waals surface area contributed by atoms with Crippen molar-refractivity contribution in [2.24, 2.45) is 0 Å². The Kier molecular flexibility index (Phi) is 15.3. The topological polar surface area (TPSA) is 0 Å². The van der Waals surface area contributed by atoms with E-state index in [4.69, 9.17) is 6.58 Å². The fraction of sp³-hybridized carbons (Fsp3) is 0.273. The van der Waals surface area contributed by atoms with E-state index < -0.39 is 0 Å². The molecule has 1 radical (unpaired) electrons. The van der Waals surface area contributed by atoms with Crippen LogP contribution in [0.4, 0.5) is 0 Å². The molecule has 0 unspecified atom stereocenters. The van der Waals surface area contributed by atoms with Gasteiger partial charge in [0.05, 0.1) is 0 Å². The summed E-state index contributed by atoms with van der Waals surface area (Å²) in [5.41, 5.74) is 0. The normalized spacial score (nSPS) is 12.1. The number of hydrogen-bond acceptors (Lipinski definition) is 0. The molecule has 0 aromatic rings. The fourth-order valence-electron chi connectivity index (χ4n) is 0.555. The predicted octanol–water partition coefficient (Wildman–Crippen LogP) is 3.24. The summed E-state index contributed by atoms with van der Waals surface area (Å²) in [7, 11) is 0. The van der Waals surface area contributed by atoms with Crippen LogP contribution in [0.2, 0.25) is 0 Å². The second-order valence-corrected chi connectivity index (χ2v) is 2.03. The molecule has 1 aliphatic rings. The van der Waals surface area contributed by atoms with Crippen LogP contribution in [0, 0.1) is 12.7 Å². The van der Waals surface area contributed by atoms with Crippen molar-refractivity contribution >= 4 is 0 Å². The van der Waals surface area contributed by atoms with Crippen molar-refractivity contribution in [1.29, 1.82) is 0 Å². The first-order chi connectivity index (χ1) is 5.41. The van der Waals surface area contributed by atoms with Gasteiger partial charge in [0.25, 0.3) is 0 Å². The van der Waals surface area contributed by atoms with Gasteiger partial charge in [0.15, 0.2) is 0 Å². The molecule has 0 aliphatic heterocycles. The van der Waals surface area contributed by atoms with Gasteiger partial charge in [-0.1, -0.05) is 13.3 Å². The molecule has 0 amide bonds. The van der Waals surface area contributed by atoms with Gasteiger partial charge < -0.3 is 0 Å². The van der Waals surface area contributed by atoms with Gasteiger partial charge in [-0.05, 0) is 0 Å². The summed E-state index contributed by atoms with van der Waals surface area (Å²) >= 11 is 0. The minimum Gasteiger partial charge on any atom is -0.293 e. The molecule has 0 bridgehead atoms. The first-order valence-corrected chi connectivity index (χ1v) is 3.83. The molecular weight excluding hydrogens is 191 g/mol. The van der Waals surface area contributed by atoms with Crippen LogP contribution in [0.3, 0.4) is 0 Å². The molecule has 12 heavy (non-hydrogen) atoms. The third-order valence-corrected chi connectivity index (χ3v) is 1.07. The van der Waals surface area contributed by atoms with Crippen LogP contribution in [-0.4, -0.2) is 0 Å². The Morgan fingerprint density at radius 3 is 2.50 bits per heavy atom. The van der Waals surface area contributed by atoms with E-state index >= 15 is 0 Å². The molecule has 0 spiro atoms. The SMILES string of the molecule is [C-]1=CC=CC1.[CH-]=CC=CCC.[Co+2]. The van der Waals surface area contributed by atoms with E-state index in [-0.39, 0.29) is 16.8 Å². The molecule has 0 N–H and O–H groups in total. The molecule has 1 aliphatic carbocycles. The van der Waals surface area contributed by atoms with Crippen LogP contribution in [0.25, 0.3) is 0 Å². The van der Waals surface area contributed by atoms with Gasteiger partial charge in [-0.2, -0.15) is 12.2 Å². The average Bonchev–Trinajstić information content (AvgIpc) is 2.57. The Balaban J connectivity index is 0. The first-order valence-electron chi connectivity index (χ1n) is 3.83. The van der Waals surface area contributed by atoms with Crippen molar-refractivity contribution in [3.8, 4) is 0 Å². The summed E-state index contributed by atoms with van der Waals surface area (Å²) in [5.74, 6) is 0. The third kappa shape index (κ3) is 12.2. The zero-order chi connectivity index (χ0) is 8.36. The van der Waals surface area contributed by atoms with Crippen molar-refractivity contribution in [2.45, 2.75) is 19.8 Å². The Morgan fingerprint density at radius 2 is 2.33 bits per heavy atom. The molecule has 0 atom stereocenters. The first kappa shape index (κ1) is 14.0. The van der Waals surface area contributed by atoms with Crippen molar-refractivity contribution in [1.82, 2.24) is 0 Å².